The number of hydrogen-bond donors (Lipinski definition) is 2. The molecule has 124 valence electrons. The van der Waals surface area contributed by atoms with Crippen LogP contribution in [0.5, 0.6) is 5.75 Å². The molecule has 23 heavy (non-hydrogen) atoms. The number of amides is 2. The maximum absolute atomic E-state index is 12.0. The zero-order valence-electron chi connectivity index (χ0n) is 14.0. The van der Waals surface area contributed by atoms with Crippen LogP contribution < -0.4 is 15.4 Å². The molecule has 1 aromatic carbocycles. The molecular weight excluding hydrogens is 296 g/mol. The van der Waals surface area contributed by atoms with E-state index in [1.165, 1.54) is 0 Å². The van der Waals surface area contributed by atoms with Gasteiger partial charge in [-0.3, -0.25) is 0 Å². The van der Waals surface area contributed by atoms with Gasteiger partial charge in [-0.2, -0.15) is 4.68 Å². The molecule has 0 aliphatic carbocycles. The molecule has 0 saturated heterocycles. The van der Waals surface area contributed by atoms with Crippen molar-refractivity contribution >= 4 is 11.7 Å². The van der Waals surface area contributed by atoms with Gasteiger partial charge in [0.05, 0.1) is 7.11 Å². The Hall–Kier alpha value is -2.64. The predicted octanol–water partition coefficient (Wildman–Crippen LogP) is 2.15. The third-order valence-corrected chi connectivity index (χ3v) is 3.65. The van der Waals surface area contributed by atoms with E-state index in [4.69, 9.17) is 4.74 Å². The van der Waals surface area contributed by atoms with Crippen molar-refractivity contribution in [2.24, 2.45) is 5.92 Å². The highest BCUT2D eigenvalue weighted by atomic mass is 16.5. The van der Waals surface area contributed by atoms with Crippen molar-refractivity contribution in [3.8, 4) is 11.4 Å². The number of anilines is 1. The van der Waals surface area contributed by atoms with E-state index < -0.39 is 0 Å². The van der Waals surface area contributed by atoms with Crippen LogP contribution in [-0.2, 0) is 0 Å². The molecule has 0 aliphatic rings. The van der Waals surface area contributed by atoms with Crippen LogP contribution in [0.2, 0.25) is 0 Å². The molecule has 0 fully saturated rings. The topological polar surface area (TPSA) is 94.0 Å². The van der Waals surface area contributed by atoms with Gasteiger partial charge in [0.25, 0.3) is 0 Å². The Morgan fingerprint density at radius 1 is 1.30 bits per heavy atom. The molecule has 8 nitrogen and oxygen atoms in total. The van der Waals surface area contributed by atoms with E-state index in [9.17, 15) is 4.79 Å². The van der Waals surface area contributed by atoms with E-state index in [2.05, 4.69) is 40.0 Å². The number of hydrogen-bond acceptors (Lipinski definition) is 5. The third kappa shape index (κ3) is 3.97. The number of carbonyl (C=O) groups is 1. The summed E-state index contributed by atoms with van der Waals surface area (Å²) in [7, 11) is 1.57. The zero-order valence-corrected chi connectivity index (χ0v) is 14.0. The molecule has 2 amide bonds. The molecule has 0 radical (unpaired) electrons. The van der Waals surface area contributed by atoms with Crippen molar-refractivity contribution in [3.63, 3.8) is 0 Å². The first-order valence-electron chi connectivity index (χ1n) is 7.43. The Kier molecular flexibility index (Phi) is 5.15. The number of methoxy groups -OCH3 is 1. The lowest BCUT2D eigenvalue weighted by Gasteiger charge is -2.18. The van der Waals surface area contributed by atoms with Gasteiger partial charge >= 0.3 is 6.03 Å². The van der Waals surface area contributed by atoms with Gasteiger partial charge in [0.15, 0.2) is 5.82 Å². The summed E-state index contributed by atoms with van der Waals surface area (Å²) in [6, 6.07) is 5.12. The minimum absolute atomic E-state index is 0.0782. The summed E-state index contributed by atoms with van der Waals surface area (Å²) in [5.74, 6) is 1.59. The smallest absolute Gasteiger partial charge is 0.319 e. The van der Waals surface area contributed by atoms with Gasteiger partial charge in [0.1, 0.15) is 11.4 Å². The fourth-order valence-corrected chi connectivity index (χ4v) is 1.93. The summed E-state index contributed by atoms with van der Waals surface area (Å²) in [5.41, 5.74) is 1.29. The maximum Gasteiger partial charge on any atom is 0.319 e. The molecule has 0 aliphatic heterocycles. The number of urea groups is 1. The average molecular weight is 318 g/mol. The molecule has 2 aromatic rings. The summed E-state index contributed by atoms with van der Waals surface area (Å²) in [4.78, 5) is 12.0. The Labute approximate surface area is 135 Å². The Balaban J connectivity index is 2.21. The van der Waals surface area contributed by atoms with Crippen molar-refractivity contribution in [3.05, 3.63) is 24.0 Å². The van der Waals surface area contributed by atoms with Gasteiger partial charge in [-0.25, -0.2) is 4.79 Å². The van der Waals surface area contributed by atoms with Gasteiger partial charge in [-0.05, 0) is 48.4 Å². The standard InChI is InChI=1S/C15H22N6O2/c1-9(2)10(3)16-15(22)17-12-6-7-14(23-5)13(8-12)21-11(4)18-19-20-21/h6-10H,1-5H3,(H2,16,17,22). The second-order valence-corrected chi connectivity index (χ2v) is 5.66. The van der Waals surface area contributed by atoms with E-state index in [0.717, 1.165) is 0 Å². The van der Waals surface area contributed by atoms with Crippen molar-refractivity contribution in [1.29, 1.82) is 0 Å². The van der Waals surface area contributed by atoms with Crippen LogP contribution in [0.25, 0.3) is 5.69 Å². The normalized spacial score (nSPS) is 12.1. The Bertz CT molecular complexity index is 682. The molecular formula is C15H22N6O2. The number of aromatic nitrogens is 4. The molecule has 0 saturated carbocycles. The second kappa shape index (κ2) is 7.08. The number of tetrazole rings is 1. The minimum Gasteiger partial charge on any atom is -0.494 e. The fraction of sp³-hybridized carbons (Fsp3) is 0.467. The number of ether oxygens (including phenoxy) is 1. The van der Waals surface area contributed by atoms with Gasteiger partial charge in [0, 0.05) is 11.7 Å². The number of benzene rings is 1. The van der Waals surface area contributed by atoms with Crippen LogP contribution in [0.4, 0.5) is 10.5 Å². The first-order chi connectivity index (χ1) is 10.9. The molecule has 0 spiro atoms. The van der Waals surface area contributed by atoms with Crippen LogP contribution in [0.3, 0.4) is 0 Å². The highest BCUT2D eigenvalue weighted by Crippen LogP contribution is 2.26. The van der Waals surface area contributed by atoms with Crippen LogP contribution in [0, 0.1) is 12.8 Å². The molecule has 2 N–H and O–H groups in total. The highest BCUT2D eigenvalue weighted by molar-refractivity contribution is 5.90. The van der Waals surface area contributed by atoms with Crippen molar-refractivity contribution in [2.75, 3.05) is 12.4 Å². The van der Waals surface area contributed by atoms with Gasteiger partial charge < -0.3 is 15.4 Å². The molecule has 2 rings (SSSR count). The Morgan fingerprint density at radius 3 is 2.61 bits per heavy atom. The summed E-state index contributed by atoms with van der Waals surface area (Å²) in [6.45, 7) is 7.86. The largest absolute Gasteiger partial charge is 0.494 e. The zero-order chi connectivity index (χ0) is 17.0. The summed E-state index contributed by atoms with van der Waals surface area (Å²) < 4.78 is 6.89. The van der Waals surface area contributed by atoms with E-state index >= 15 is 0 Å². The lowest BCUT2D eigenvalue weighted by Crippen LogP contribution is -2.39. The third-order valence-electron chi connectivity index (χ3n) is 3.65. The van der Waals surface area contributed by atoms with Gasteiger partial charge in [-0.1, -0.05) is 13.8 Å². The lowest BCUT2D eigenvalue weighted by molar-refractivity contribution is 0.246. The van der Waals surface area contributed by atoms with Gasteiger partial charge in [0.2, 0.25) is 0 Å². The molecule has 8 heteroatoms. The van der Waals surface area contributed by atoms with E-state index in [1.807, 2.05) is 6.92 Å². The van der Waals surface area contributed by atoms with Crippen LogP contribution in [-0.4, -0.2) is 39.4 Å². The molecule has 1 unspecified atom stereocenters. The van der Waals surface area contributed by atoms with Crippen molar-refractivity contribution in [1.82, 2.24) is 25.5 Å². The highest BCUT2D eigenvalue weighted by Gasteiger charge is 2.14. The first-order valence-corrected chi connectivity index (χ1v) is 7.43. The van der Waals surface area contributed by atoms with E-state index in [-0.39, 0.29) is 12.1 Å². The van der Waals surface area contributed by atoms with Crippen LogP contribution in [0.15, 0.2) is 18.2 Å². The maximum atomic E-state index is 12.0. The number of aryl methyl sites for hydroxylation is 1. The second-order valence-electron chi connectivity index (χ2n) is 5.66. The van der Waals surface area contributed by atoms with Crippen LogP contribution in [0.1, 0.15) is 26.6 Å². The van der Waals surface area contributed by atoms with Crippen molar-refractivity contribution < 1.29 is 9.53 Å². The molecule has 0 bridgehead atoms. The van der Waals surface area contributed by atoms with Gasteiger partial charge in [-0.15, -0.1) is 5.10 Å². The number of carbonyl (C=O) groups excluding carboxylic acids is 1. The average Bonchev–Trinajstić information content (AvgIpc) is 2.92. The van der Waals surface area contributed by atoms with Crippen LogP contribution >= 0.6 is 0 Å². The summed E-state index contributed by atoms with van der Waals surface area (Å²) in [5, 5.41) is 17.1. The molecule has 1 heterocycles. The summed E-state index contributed by atoms with van der Waals surface area (Å²) >= 11 is 0. The molecule has 1 aromatic heterocycles. The number of rotatable bonds is 5. The Morgan fingerprint density at radius 2 is 2.04 bits per heavy atom. The lowest BCUT2D eigenvalue weighted by atomic mass is 10.1. The monoisotopic (exact) mass is 318 g/mol. The molecule has 1 atom stereocenters. The quantitative estimate of drug-likeness (QED) is 0.881. The summed E-state index contributed by atoms with van der Waals surface area (Å²) in [6.07, 6.45) is 0. The van der Waals surface area contributed by atoms with Crippen molar-refractivity contribution in [2.45, 2.75) is 33.7 Å². The van der Waals surface area contributed by atoms with E-state index in [1.54, 1.807) is 36.9 Å². The number of nitrogens with zero attached hydrogens (tertiary/aromatic N) is 4. The fourth-order valence-electron chi connectivity index (χ4n) is 1.93. The number of nitrogens with one attached hydrogen (secondary N) is 2. The SMILES string of the molecule is COc1ccc(NC(=O)NC(C)C(C)C)cc1-n1nnnc1C. The first kappa shape index (κ1) is 16.7. The van der Waals surface area contributed by atoms with E-state index in [0.29, 0.717) is 28.9 Å². The predicted molar refractivity (Wildman–Crippen MR) is 86.9 cm³/mol. The minimum atomic E-state index is -0.254.